The van der Waals surface area contributed by atoms with Crippen molar-refractivity contribution < 1.29 is 18.3 Å². The molecule has 1 N–H and O–H groups in total. The number of aromatic nitrogens is 1. The molecule has 1 saturated heterocycles. The van der Waals surface area contributed by atoms with Crippen molar-refractivity contribution in [1.82, 2.24) is 9.29 Å². The van der Waals surface area contributed by atoms with Gasteiger partial charge in [-0.3, -0.25) is 4.79 Å². The number of thiazole rings is 1. The van der Waals surface area contributed by atoms with Gasteiger partial charge in [0.15, 0.2) is 4.21 Å². The van der Waals surface area contributed by atoms with Crippen LogP contribution >= 0.6 is 11.3 Å². The summed E-state index contributed by atoms with van der Waals surface area (Å²) < 4.78 is 26.7. The molecule has 0 amide bonds. The van der Waals surface area contributed by atoms with E-state index in [1.165, 1.54) is 21.8 Å². The Bertz CT molecular complexity index is 582. The highest BCUT2D eigenvalue weighted by Gasteiger charge is 2.31. The Hall–Kier alpha value is -0.990. The van der Waals surface area contributed by atoms with Crippen LogP contribution in [0.4, 0.5) is 0 Å². The van der Waals surface area contributed by atoms with Crippen LogP contribution in [-0.2, 0) is 14.8 Å². The van der Waals surface area contributed by atoms with Gasteiger partial charge in [0.1, 0.15) is 0 Å². The van der Waals surface area contributed by atoms with Gasteiger partial charge in [-0.05, 0) is 32.1 Å². The third-order valence-electron chi connectivity index (χ3n) is 3.44. The monoisotopic (exact) mass is 318 g/mol. The minimum atomic E-state index is -3.47. The summed E-state index contributed by atoms with van der Waals surface area (Å²) in [5.41, 5.74) is 0. The van der Waals surface area contributed by atoms with E-state index in [-0.39, 0.29) is 16.5 Å². The molecule has 0 aliphatic carbocycles. The Balaban J connectivity index is 2.06. The molecule has 0 saturated carbocycles. The molecule has 2 rings (SSSR count). The summed E-state index contributed by atoms with van der Waals surface area (Å²) in [6.45, 7) is 2.69. The number of nitrogens with zero attached hydrogens (tertiary/aromatic N) is 2. The van der Waals surface area contributed by atoms with Crippen molar-refractivity contribution >= 4 is 27.3 Å². The van der Waals surface area contributed by atoms with Crippen LogP contribution in [0.5, 0.6) is 0 Å². The lowest BCUT2D eigenvalue weighted by Crippen LogP contribution is -2.39. The normalized spacial score (nSPS) is 20.9. The van der Waals surface area contributed by atoms with Gasteiger partial charge in [0, 0.05) is 19.5 Å². The van der Waals surface area contributed by atoms with Gasteiger partial charge in [-0.15, -0.1) is 11.3 Å². The Morgan fingerprint density at radius 2 is 2.35 bits per heavy atom. The Labute approximate surface area is 122 Å². The molecule has 0 spiro atoms. The highest BCUT2D eigenvalue weighted by atomic mass is 32.2. The quantitative estimate of drug-likeness (QED) is 0.893. The van der Waals surface area contributed by atoms with Crippen molar-refractivity contribution in [2.24, 2.45) is 5.92 Å². The van der Waals surface area contributed by atoms with E-state index in [0.717, 1.165) is 17.8 Å². The number of carboxylic acid groups (broad SMARTS) is 1. The number of hydrogen-bond donors (Lipinski definition) is 1. The van der Waals surface area contributed by atoms with E-state index in [2.05, 4.69) is 4.98 Å². The van der Waals surface area contributed by atoms with Crippen molar-refractivity contribution in [2.45, 2.75) is 36.8 Å². The van der Waals surface area contributed by atoms with Crippen LogP contribution in [0, 0.1) is 12.8 Å². The van der Waals surface area contributed by atoms with Crippen LogP contribution in [0.25, 0.3) is 0 Å². The molecule has 0 aromatic carbocycles. The molecule has 1 atom stereocenters. The van der Waals surface area contributed by atoms with Gasteiger partial charge in [-0.1, -0.05) is 0 Å². The number of aryl methyl sites for hydroxylation is 1. The number of rotatable bonds is 5. The van der Waals surface area contributed by atoms with Gasteiger partial charge in [0.2, 0.25) is 0 Å². The average molecular weight is 318 g/mol. The molecule has 0 bridgehead atoms. The zero-order valence-corrected chi connectivity index (χ0v) is 12.9. The smallest absolute Gasteiger partial charge is 0.303 e. The van der Waals surface area contributed by atoms with E-state index < -0.39 is 16.0 Å². The zero-order valence-electron chi connectivity index (χ0n) is 11.3. The van der Waals surface area contributed by atoms with Crippen LogP contribution in [0.1, 0.15) is 30.7 Å². The molecule has 8 heteroatoms. The fraction of sp³-hybridized carbons (Fsp3) is 0.667. The van der Waals surface area contributed by atoms with E-state index in [1.807, 2.05) is 0 Å². The first-order valence-electron chi connectivity index (χ1n) is 6.54. The number of sulfonamides is 1. The van der Waals surface area contributed by atoms with E-state index in [4.69, 9.17) is 5.11 Å². The van der Waals surface area contributed by atoms with Crippen LogP contribution in [-0.4, -0.2) is 41.9 Å². The highest BCUT2D eigenvalue weighted by molar-refractivity contribution is 7.91. The van der Waals surface area contributed by atoms with Crippen molar-refractivity contribution in [3.8, 4) is 0 Å². The summed E-state index contributed by atoms with van der Waals surface area (Å²) >= 11 is 1.17. The minimum Gasteiger partial charge on any atom is -0.481 e. The maximum absolute atomic E-state index is 12.5. The van der Waals surface area contributed by atoms with E-state index in [1.54, 1.807) is 6.92 Å². The van der Waals surface area contributed by atoms with Crippen LogP contribution in [0.3, 0.4) is 0 Å². The minimum absolute atomic E-state index is 0.0955. The summed E-state index contributed by atoms with van der Waals surface area (Å²) in [5, 5.41) is 9.44. The zero-order chi connectivity index (χ0) is 14.8. The highest BCUT2D eigenvalue weighted by Crippen LogP contribution is 2.28. The molecule has 1 aliphatic rings. The Morgan fingerprint density at radius 1 is 1.60 bits per heavy atom. The van der Waals surface area contributed by atoms with Crippen LogP contribution in [0.15, 0.2) is 10.4 Å². The molecule has 20 heavy (non-hydrogen) atoms. The van der Waals surface area contributed by atoms with Gasteiger partial charge in [0.25, 0.3) is 10.0 Å². The fourth-order valence-electron chi connectivity index (χ4n) is 2.40. The number of aliphatic carboxylic acids is 1. The molecular weight excluding hydrogens is 300 g/mol. The molecule has 112 valence electrons. The third-order valence-corrected chi connectivity index (χ3v) is 6.66. The molecular formula is C12H18N2O4S2. The molecule has 1 aromatic rings. The van der Waals surface area contributed by atoms with Crippen molar-refractivity contribution in [2.75, 3.05) is 13.1 Å². The Morgan fingerprint density at radius 3 is 2.95 bits per heavy atom. The summed E-state index contributed by atoms with van der Waals surface area (Å²) in [5.74, 6) is -0.702. The molecule has 1 fully saturated rings. The lowest BCUT2D eigenvalue weighted by atomic mass is 9.95. The standard InChI is InChI=1S/C12H18N2O4S2/c1-9-13-7-12(19-9)20(17,18)14-6-2-3-10(8-14)4-5-11(15)16/h7,10H,2-6,8H2,1H3,(H,15,16). The third kappa shape index (κ3) is 3.56. The van der Waals surface area contributed by atoms with Crippen molar-refractivity contribution in [1.29, 1.82) is 0 Å². The second-order valence-corrected chi connectivity index (χ2v) is 8.40. The molecule has 2 heterocycles. The lowest BCUT2D eigenvalue weighted by Gasteiger charge is -2.31. The summed E-state index contributed by atoms with van der Waals surface area (Å²) in [7, 11) is -3.47. The first kappa shape index (κ1) is 15.4. The van der Waals surface area contributed by atoms with Gasteiger partial charge in [0.05, 0.1) is 11.2 Å². The maximum Gasteiger partial charge on any atom is 0.303 e. The second kappa shape index (κ2) is 6.19. The number of piperidine rings is 1. The molecule has 1 unspecified atom stereocenters. The topological polar surface area (TPSA) is 87.6 Å². The van der Waals surface area contributed by atoms with Crippen molar-refractivity contribution in [3.05, 3.63) is 11.2 Å². The largest absolute Gasteiger partial charge is 0.481 e. The lowest BCUT2D eigenvalue weighted by molar-refractivity contribution is -0.137. The van der Waals surface area contributed by atoms with Gasteiger partial charge < -0.3 is 5.11 Å². The predicted molar refractivity (Wildman–Crippen MR) is 75.2 cm³/mol. The fourth-order valence-corrected chi connectivity index (χ4v) is 5.21. The first-order valence-corrected chi connectivity index (χ1v) is 8.79. The summed E-state index contributed by atoms with van der Waals surface area (Å²) in [6, 6.07) is 0. The predicted octanol–water partition coefficient (Wildman–Crippen LogP) is 1.72. The van der Waals surface area contributed by atoms with E-state index in [9.17, 15) is 13.2 Å². The summed E-state index contributed by atoms with van der Waals surface area (Å²) in [4.78, 5) is 14.6. The van der Waals surface area contributed by atoms with Crippen LogP contribution < -0.4 is 0 Å². The maximum atomic E-state index is 12.5. The SMILES string of the molecule is Cc1ncc(S(=O)(=O)N2CCCC(CCC(=O)O)C2)s1. The van der Waals surface area contributed by atoms with Crippen molar-refractivity contribution in [3.63, 3.8) is 0 Å². The number of carbonyl (C=O) groups is 1. The first-order chi connectivity index (χ1) is 9.39. The Kier molecular flexibility index (Phi) is 4.77. The van der Waals surface area contributed by atoms with E-state index in [0.29, 0.717) is 19.5 Å². The van der Waals surface area contributed by atoms with Gasteiger partial charge in [-0.25, -0.2) is 13.4 Å². The van der Waals surface area contributed by atoms with Crippen LogP contribution in [0.2, 0.25) is 0 Å². The number of hydrogen-bond acceptors (Lipinski definition) is 5. The summed E-state index contributed by atoms with van der Waals surface area (Å²) in [6.07, 6.45) is 3.69. The number of carboxylic acids is 1. The van der Waals surface area contributed by atoms with Gasteiger partial charge >= 0.3 is 5.97 Å². The average Bonchev–Trinajstić information content (AvgIpc) is 2.84. The van der Waals surface area contributed by atoms with E-state index >= 15 is 0 Å². The molecule has 1 aromatic heterocycles. The molecule has 6 nitrogen and oxygen atoms in total. The molecule has 1 aliphatic heterocycles. The molecule has 0 radical (unpaired) electrons. The second-order valence-electron chi connectivity index (χ2n) is 5.00. The van der Waals surface area contributed by atoms with Gasteiger partial charge in [-0.2, -0.15) is 4.31 Å².